The predicted molar refractivity (Wildman–Crippen MR) is 74.5 cm³/mol. The fourth-order valence-corrected chi connectivity index (χ4v) is 2.97. The second-order valence-electron chi connectivity index (χ2n) is 4.82. The van der Waals surface area contributed by atoms with Gasteiger partial charge in [0.1, 0.15) is 0 Å². The molecule has 0 saturated heterocycles. The first-order valence-corrected chi connectivity index (χ1v) is 7.10. The van der Waals surface area contributed by atoms with Crippen molar-refractivity contribution in [2.24, 2.45) is 0 Å². The van der Waals surface area contributed by atoms with Crippen LogP contribution in [0.1, 0.15) is 36.0 Å². The highest BCUT2D eigenvalue weighted by Gasteiger charge is 2.30. The van der Waals surface area contributed by atoms with Gasteiger partial charge in [-0.05, 0) is 40.9 Å². The van der Waals surface area contributed by atoms with Crippen LogP contribution in [0.2, 0.25) is 0 Å². The van der Waals surface area contributed by atoms with Gasteiger partial charge in [0.2, 0.25) is 0 Å². The van der Waals surface area contributed by atoms with Crippen LogP contribution >= 0.6 is 15.9 Å². The van der Waals surface area contributed by atoms with Gasteiger partial charge in [0, 0.05) is 11.5 Å². The fraction of sp³-hybridized carbons (Fsp3) is 0.500. The van der Waals surface area contributed by atoms with Crippen molar-refractivity contribution in [3.8, 4) is 0 Å². The second-order valence-corrected chi connectivity index (χ2v) is 5.67. The minimum absolute atomic E-state index is 0.0339. The molecular formula is C14H18BrNO2. The summed E-state index contributed by atoms with van der Waals surface area (Å²) in [4.78, 5) is 14.1. The van der Waals surface area contributed by atoms with Crippen LogP contribution in [0.15, 0.2) is 28.7 Å². The molecule has 18 heavy (non-hydrogen) atoms. The number of nitrogens with zero attached hydrogens (tertiary/aromatic N) is 1. The topological polar surface area (TPSA) is 40.5 Å². The Kier molecular flexibility index (Phi) is 4.40. The van der Waals surface area contributed by atoms with E-state index in [9.17, 15) is 9.90 Å². The Morgan fingerprint density at radius 2 is 2.00 bits per heavy atom. The molecule has 1 aliphatic rings. The Bertz CT molecular complexity index is 436. The van der Waals surface area contributed by atoms with Crippen LogP contribution in [0, 0.1) is 0 Å². The van der Waals surface area contributed by atoms with Crippen LogP contribution < -0.4 is 0 Å². The molecule has 4 heteroatoms. The van der Waals surface area contributed by atoms with Gasteiger partial charge in [0.25, 0.3) is 5.91 Å². The highest BCUT2D eigenvalue weighted by Crippen LogP contribution is 2.25. The molecule has 0 aromatic heterocycles. The highest BCUT2D eigenvalue weighted by molar-refractivity contribution is 9.10. The summed E-state index contributed by atoms with van der Waals surface area (Å²) in [5.41, 5.74) is 0.651. The molecule has 3 nitrogen and oxygen atoms in total. The smallest absolute Gasteiger partial charge is 0.255 e. The largest absolute Gasteiger partial charge is 0.391 e. The SMILES string of the molecule is CN(C(=O)c1ccccc1Br)[C@H]1CCCC[C@H]1O. The number of benzene rings is 1. The number of likely N-dealkylation sites (N-methyl/N-ethyl adjacent to an activating group) is 1. The van der Waals surface area contributed by atoms with E-state index in [0.29, 0.717) is 5.56 Å². The summed E-state index contributed by atoms with van der Waals surface area (Å²) in [5, 5.41) is 10.00. The molecular weight excluding hydrogens is 294 g/mol. The minimum atomic E-state index is -0.393. The summed E-state index contributed by atoms with van der Waals surface area (Å²) in [5.74, 6) is -0.0339. The number of amides is 1. The molecule has 0 aliphatic heterocycles. The summed E-state index contributed by atoms with van der Waals surface area (Å²) in [6.07, 6.45) is 3.41. The molecule has 98 valence electrons. The van der Waals surface area contributed by atoms with Crippen molar-refractivity contribution >= 4 is 21.8 Å². The van der Waals surface area contributed by atoms with Crippen molar-refractivity contribution in [1.82, 2.24) is 4.90 Å². The molecule has 2 atom stereocenters. The molecule has 0 heterocycles. The van der Waals surface area contributed by atoms with Gasteiger partial charge in [0.05, 0.1) is 17.7 Å². The Hall–Kier alpha value is -0.870. The van der Waals surface area contributed by atoms with Gasteiger partial charge in [-0.15, -0.1) is 0 Å². The van der Waals surface area contributed by atoms with Gasteiger partial charge in [-0.3, -0.25) is 4.79 Å². The Morgan fingerprint density at radius 1 is 1.33 bits per heavy atom. The zero-order chi connectivity index (χ0) is 13.1. The summed E-state index contributed by atoms with van der Waals surface area (Å²) < 4.78 is 0.798. The third-order valence-corrected chi connectivity index (χ3v) is 4.31. The molecule has 0 spiro atoms. The van der Waals surface area contributed by atoms with Gasteiger partial charge in [-0.1, -0.05) is 25.0 Å². The molecule has 2 rings (SSSR count). The number of hydrogen-bond acceptors (Lipinski definition) is 2. The van der Waals surface area contributed by atoms with Crippen molar-refractivity contribution in [2.75, 3.05) is 7.05 Å². The third kappa shape index (κ3) is 2.75. The van der Waals surface area contributed by atoms with Crippen molar-refractivity contribution in [2.45, 2.75) is 37.8 Å². The lowest BCUT2D eigenvalue weighted by Gasteiger charge is -2.35. The normalized spacial score (nSPS) is 23.7. The lowest BCUT2D eigenvalue weighted by atomic mass is 9.91. The van der Waals surface area contributed by atoms with Crippen LogP contribution in [-0.2, 0) is 0 Å². The highest BCUT2D eigenvalue weighted by atomic mass is 79.9. The lowest BCUT2D eigenvalue weighted by molar-refractivity contribution is 0.0267. The van der Waals surface area contributed by atoms with E-state index in [2.05, 4.69) is 15.9 Å². The lowest BCUT2D eigenvalue weighted by Crippen LogP contribution is -2.46. The average molecular weight is 312 g/mol. The van der Waals surface area contributed by atoms with E-state index in [1.54, 1.807) is 18.0 Å². The first-order chi connectivity index (χ1) is 8.61. The maximum Gasteiger partial charge on any atom is 0.255 e. The number of halogens is 1. The minimum Gasteiger partial charge on any atom is -0.391 e. The summed E-state index contributed by atoms with van der Waals surface area (Å²) >= 11 is 3.39. The number of aliphatic hydroxyl groups is 1. The molecule has 0 radical (unpaired) electrons. The molecule has 1 aromatic carbocycles. The summed E-state index contributed by atoms with van der Waals surface area (Å²) in [6.45, 7) is 0. The summed E-state index contributed by atoms with van der Waals surface area (Å²) in [6, 6.07) is 7.34. The standard InChI is InChI=1S/C14H18BrNO2/c1-16(12-8-4-5-9-13(12)17)14(18)10-6-2-3-7-11(10)15/h2-3,6-7,12-13,17H,4-5,8-9H2,1H3/t12-,13+/m0/s1. The van der Waals surface area contributed by atoms with Crippen LogP contribution in [0.3, 0.4) is 0 Å². The van der Waals surface area contributed by atoms with E-state index in [4.69, 9.17) is 0 Å². The molecule has 1 N–H and O–H groups in total. The Morgan fingerprint density at radius 3 is 2.67 bits per heavy atom. The van der Waals surface area contributed by atoms with Gasteiger partial charge in [-0.2, -0.15) is 0 Å². The molecule has 1 fully saturated rings. The van der Waals surface area contributed by atoms with Gasteiger partial charge < -0.3 is 10.0 Å². The second kappa shape index (κ2) is 5.85. The zero-order valence-corrected chi connectivity index (χ0v) is 12.1. The van der Waals surface area contributed by atoms with Crippen molar-refractivity contribution in [3.05, 3.63) is 34.3 Å². The Balaban J connectivity index is 2.16. The number of carbonyl (C=O) groups is 1. The van der Waals surface area contributed by atoms with Crippen LogP contribution in [-0.4, -0.2) is 35.1 Å². The first-order valence-electron chi connectivity index (χ1n) is 6.31. The van der Waals surface area contributed by atoms with Crippen LogP contribution in [0.25, 0.3) is 0 Å². The molecule has 1 amide bonds. The van der Waals surface area contributed by atoms with Gasteiger partial charge in [0.15, 0.2) is 0 Å². The van der Waals surface area contributed by atoms with Crippen molar-refractivity contribution in [3.63, 3.8) is 0 Å². The monoisotopic (exact) mass is 311 g/mol. The van der Waals surface area contributed by atoms with E-state index in [0.717, 1.165) is 30.2 Å². The quantitative estimate of drug-likeness (QED) is 0.912. The van der Waals surface area contributed by atoms with E-state index < -0.39 is 6.10 Å². The van der Waals surface area contributed by atoms with Crippen LogP contribution in [0.5, 0.6) is 0 Å². The average Bonchev–Trinajstić information content (AvgIpc) is 2.38. The number of hydrogen-bond donors (Lipinski definition) is 1. The summed E-state index contributed by atoms with van der Waals surface area (Å²) in [7, 11) is 1.78. The molecule has 1 saturated carbocycles. The fourth-order valence-electron chi connectivity index (χ4n) is 2.52. The maximum atomic E-state index is 12.4. The van der Waals surface area contributed by atoms with E-state index >= 15 is 0 Å². The molecule has 1 aliphatic carbocycles. The van der Waals surface area contributed by atoms with E-state index in [-0.39, 0.29) is 11.9 Å². The maximum absolute atomic E-state index is 12.4. The predicted octanol–water partition coefficient (Wildman–Crippen LogP) is 2.82. The number of rotatable bonds is 2. The number of carbonyl (C=O) groups excluding carboxylic acids is 1. The number of aliphatic hydroxyl groups excluding tert-OH is 1. The third-order valence-electron chi connectivity index (χ3n) is 3.62. The van der Waals surface area contributed by atoms with Crippen LogP contribution in [0.4, 0.5) is 0 Å². The van der Waals surface area contributed by atoms with Crippen molar-refractivity contribution < 1.29 is 9.90 Å². The molecule has 0 bridgehead atoms. The zero-order valence-electron chi connectivity index (χ0n) is 10.5. The first kappa shape index (κ1) is 13.6. The van der Waals surface area contributed by atoms with Crippen molar-refractivity contribution in [1.29, 1.82) is 0 Å². The van der Waals surface area contributed by atoms with Gasteiger partial charge in [-0.25, -0.2) is 0 Å². The Labute approximate surface area is 116 Å². The van der Waals surface area contributed by atoms with E-state index in [1.807, 2.05) is 18.2 Å². The molecule has 1 aromatic rings. The van der Waals surface area contributed by atoms with Gasteiger partial charge >= 0.3 is 0 Å². The van der Waals surface area contributed by atoms with E-state index in [1.165, 1.54) is 0 Å². The molecule has 0 unspecified atom stereocenters.